The van der Waals surface area contributed by atoms with Crippen LogP contribution >= 0.6 is 12.4 Å². The normalized spacial score (nSPS) is 14.1. The van der Waals surface area contributed by atoms with Crippen molar-refractivity contribution in [2.75, 3.05) is 43.0 Å². The number of halogens is 1. The van der Waals surface area contributed by atoms with Gasteiger partial charge in [0.05, 0.1) is 11.9 Å². The molecule has 0 aromatic heterocycles. The average Bonchev–Trinajstić information content (AvgIpc) is 2.74. The second kappa shape index (κ2) is 12.4. The number of amides is 1. The molecule has 34 heavy (non-hydrogen) atoms. The minimum absolute atomic E-state index is 0. The Morgan fingerprint density at radius 2 is 1.88 bits per heavy atom. The molecule has 1 aliphatic heterocycles. The van der Waals surface area contributed by atoms with Crippen molar-refractivity contribution in [1.82, 2.24) is 4.90 Å². The van der Waals surface area contributed by atoms with Crippen LogP contribution in [-0.4, -0.2) is 63.4 Å². The molecule has 1 amide bonds. The molecule has 10 heteroatoms. The summed E-state index contributed by atoms with van der Waals surface area (Å²) in [6.07, 6.45) is 3.34. The van der Waals surface area contributed by atoms with Crippen LogP contribution in [0.5, 0.6) is 5.75 Å². The lowest BCUT2D eigenvalue weighted by Crippen LogP contribution is -2.34. The van der Waals surface area contributed by atoms with Gasteiger partial charge < -0.3 is 20.1 Å². The monoisotopic (exact) mass is 511 g/mol. The first-order chi connectivity index (χ1) is 15.6. The fourth-order valence-corrected chi connectivity index (χ4v) is 4.50. The maximum Gasteiger partial charge on any atom is 0.229 e. The van der Waals surface area contributed by atoms with Crippen molar-refractivity contribution in [2.24, 2.45) is 0 Å². The van der Waals surface area contributed by atoms with E-state index in [0.29, 0.717) is 30.8 Å². The van der Waals surface area contributed by atoms with E-state index in [0.717, 1.165) is 48.0 Å². The van der Waals surface area contributed by atoms with E-state index in [4.69, 9.17) is 4.74 Å². The van der Waals surface area contributed by atoms with Gasteiger partial charge in [-0.1, -0.05) is 18.2 Å². The number of rotatable bonds is 11. The molecule has 1 unspecified atom stereocenters. The first-order valence-corrected chi connectivity index (χ1v) is 13.0. The second-order valence-electron chi connectivity index (χ2n) is 8.68. The highest BCUT2D eigenvalue weighted by atomic mass is 35.5. The molecule has 0 saturated carbocycles. The van der Waals surface area contributed by atoms with Gasteiger partial charge in [-0.15, -0.1) is 12.4 Å². The Hall–Kier alpha value is -2.33. The predicted molar refractivity (Wildman–Crippen MR) is 138 cm³/mol. The summed E-state index contributed by atoms with van der Waals surface area (Å²) in [6, 6.07) is 11.2. The van der Waals surface area contributed by atoms with Gasteiger partial charge in [-0.05, 0) is 69.1 Å². The van der Waals surface area contributed by atoms with Crippen LogP contribution in [0.25, 0.3) is 0 Å². The number of nitrogens with zero attached hydrogens (tertiary/aromatic N) is 1. The molecular weight excluding hydrogens is 478 g/mol. The average molecular weight is 512 g/mol. The predicted octanol–water partition coefficient (Wildman–Crippen LogP) is 2.98. The van der Waals surface area contributed by atoms with Crippen molar-refractivity contribution in [3.8, 4) is 5.75 Å². The number of aliphatic hydroxyl groups excluding tert-OH is 1. The quantitative estimate of drug-likeness (QED) is 0.428. The number of fused-ring (bicyclic) bond motifs is 1. The van der Waals surface area contributed by atoms with Crippen LogP contribution in [0.1, 0.15) is 29.5 Å². The summed E-state index contributed by atoms with van der Waals surface area (Å²) in [5.41, 5.74) is 4.51. The molecule has 0 spiro atoms. The lowest BCUT2D eigenvalue weighted by atomic mass is 9.98. The van der Waals surface area contributed by atoms with Gasteiger partial charge in [0.1, 0.15) is 18.5 Å². The van der Waals surface area contributed by atoms with Crippen molar-refractivity contribution in [2.45, 2.75) is 38.7 Å². The number of ether oxygens (including phenoxy) is 1. The molecule has 2 aromatic carbocycles. The standard InChI is InChI=1S/C24H33N3O5S.ClH/c1-17-6-12-22(21-11-13-23(29)25-24(17)21)32-16-20(28)15-27(2)14-4-5-18-7-9-19(10-8-18)26-33(3,30)31;/h6-10,12,20,26,28H,4-5,11,13-16H2,1-3H3,(H,25,29);1H. The minimum Gasteiger partial charge on any atom is -0.490 e. The number of anilines is 2. The lowest BCUT2D eigenvalue weighted by molar-refractivity contribution is -0.116. The minimum atomic E-state index is -3.27. The van der Waals surface area contributed by atoms with Crippen molar-refractivity contribution in [1.29, 1.82) is 0 Å². The van der Waals surface area contributed by atoms with Crippen molar-refractivity contribution in [3.05, 3.63) is 53.1 Å². The van der Waals surface area contributed by atoms with Gasteiger partial charge in [0.25, 0.3) is 0 Å². The van der Waals surface area contributed by atoms with E-state index in [1.54, 1.807) is 12.1 Å². The molecule has 188 valence electrons. The van der Waals surface area contributed by atoms with Gasteiger partial charge in [-0.3, -0.25) is 9.52 Å². The van der Waals surface area contributed by atoms with E-state index in [-0.39, 0.29) is 24.9 Å². The van der Waals surface area contributed by atoms with Crippen LogP contribution in [0.4, 0.5) is 11.4 Å². The largest absolute Gasteiger partial charge is 0.490 e. The van der Waals surface area contributed by atoms with Crippen LogP contribution in [0.15, 0.2) is 36.4 Å². The molecule has 3 N–H and O–H groups in total. The first kappa shape index (κ1) is 27.9. The Bertz CT molecular complexity index is 1080. The van der Waals surface area contributed by atoms with Crippen LogP contribution in [-0.2, 0) is 27.7 Å². The lowest BCUT2D eigenvalue weighted by Gasteiger charge is -2.24. The molecule has 0 aliphatic carbocycles. The fraction of sp³-hybridized carbons (Fsp3) is 0.458. The summed E-state index contributed by atoms with van der Waals surface area (Å²) in [6.45, 7) is 3.44. The zero-order valence-corrected chi connectivity index (χ0v) is 21.5. The molecule has 1 aliphatic rings. The van der Waals surface area contributed by atoms with Gasteiger partial charge in [-0.25, -0.2) is 8.42 Å². The van der Waals surface area contributed by atoms with Crippen LogP contribution < -0.4 is 14.8 Å². The second-order valence-corrected chi connectivity index (χ2v) is 10.4. The van der Waals surface area contributed by atoms with E-state index in [1.165, 1.54) is 0 Å². The Labute approximate surface area is 208 Å². The molecule has 0 radical (unpaired) electrons. The van der Waals surface area contributed by atoms with E-state index in [2.05, 4.69) is 14.9 Å². The molecule has 0 fully saturated rings. The highest BCUT2D eigenvalue weighted by Gasteiger charge is 2.21. The van der Waals surface area contributed by atoms with E-state index in [9.17, 15) is 18.3 Å². The van der Waals surface area contributed by atoms with E-state index in [1.807, 2.05) is 38.2 Å². The third kappa shape index (κ3) is 8.47. The molecule has 0 bridgehead atoms. The first-order valence-electron chi connectivity index (χ1n) is 11.1. The smallest absolute Gasteiger partial charge is 0.229 e. The number of likely N-dealkylation sites (N-methyl/N-ethyl adjacent to an activating group) is 1. The Balaban J connectivity index is 0.00000408. The molecule has 2 aromatic rings. The fourth-order valence-electron chi connectivity index (χ4n) is 3.94. The zero-order chi connectivity index (χ0) is 24.0. The topological polar surface area (TPSA) is 108 Å². The number of benzene rings is 2. The Morgan fingerprint density at radius 1 is 1.18 bits per heavy atom. The highest BCUT2D eigenvalue weighted by Crippen LogP contribution is 2.34. The number of hydrogen-bond acceptors (Lipinski definition) is 6. The van der Waals surface area contributed by atoms with Gasteiger partial charge in [0.2, 0.25) is 15.9 Å². The maximum absolute atomic E-state index is 11.7. The van der Waals surface area contributed by atoms with Gasteiger partial charge in [-0.2, -0.15) is 0 Å². The Morgan fingerprint density at radius 3 is 2.56 bits per heavy atom. The maximum atomic E-state index is 11.7. The van der Waals surface area contributed by atoms with Crippen LogP contribution in [0.2, 0.25) is 0 Å². The molecule has 3 rings (SSSR count). The highest BCUT2D eigenvalue weighted by molar-refractivity contribution is 7.92. The summed E-state index contributed by atoms with van der Waals surface area (Å²) in [5, 5.41) is 13.3. The number of nitrogens with one attached hydrogen (secondary N) is 2. The van der Waals surface area contributed by atoms with Crippen molar-refractivity contribution in [3.63, 3.8) is 0 Å². The van der Waals surface area contributed by atoms with E-state index < -0.39 is 16.1 Å². The summed E-state index contributed by atoms with van der Waals surface area (Å²) in [5.74, 6) is 0.733. The molecule has 1 atom stereocenters. The number of hydrogen-bond donors (Lipinski definition) is 3. The van der Waals surface area contributed by atoms with Gasteiger partial charge in [0.15, 0.2) is 0 Å². The Kier molecular flexibility index (Phi) is 10.2. The number of carbonyl (C=O) groups is 1. The zero-order valence-electron chi connectivity index (χ0n) is 19.8. The third-order valence-corrected chi connectivity index (χ3v) is 6.17. The number of aryl methyl sites for hydroxylation is 2. The molecular formula is C24H34ClN3O5S. The van der Waals surface area contributed by atoms with Crippen molar-refractivity contribution >= 4 is 39.7 Å². The van der Waals surface area contributed by atoms with Crippen LogP contribution in [0, 0.1) is 6.92 Å². The third-order valence-electron chi connectivity index (χ3n) is 5.56. The number of carbonyl (C=O) groups excluding carboxylic acids is 1. The molecule has 0 saturated heterocycles. The molecule has 8 nitrogen and oxygen atoms in total. The van der Waals surface area contributed by atoms with E-state index >= 15 is 0 Å². The van der Waals surface area contributed by atoms with Gasteiger partial charge in [0, 0.05) is 24.2 Å². The number of sulfonamides is 1. The van der Waals surface area contributed by atoms with Crippen molar-refractivity contribution < 1.29 is 23.1 Å². The summed E-state index contributed by atoms with van der Waals surface area (Å²) in [4.78, 5) is 13.8. The SMILES string of the molecule is Cc1ccc(OCC(O)CN(C)CCCc2ccc(NS(C)(=O)=O)cc2)c2c1NC(=O)CC2.Cl. The summed E-state index contributed by atoms with van der Waals surface area (Å²) >= 11 is 0. The van der Waals surface area contributed by atoms with Crippen LogP contribution in [0.3, 0.4) is 0 Å². The molecule has 1 heterocycles. The number of aliphatic hydroxyl groups is 1. The summed E-state index contributed by atoms with van der Waals surface area (Å²) in [7, 11) is -1.30. The summed E-state index contributed by atoms with van der Waals surface area (Å²) < 4.78 is 30.9. The van der Waals surface area contributed by atoms with Gasteiger partial charge >= 0.3 is 0 Å².